The summed E-state index contributed by atoms with van der Waals surface area (Å²) in [6.07, 6.45) is 5.25. The Kier molecular flexibility index (Phi) is 6.52. The number of anilines is 1. The van der Waals surface area contributed by atoms with Crippen molar-refractivity contribution in [2.75, 3.05) is 32.2 Å². The Balaban J connectivity index is 1.52. The Morgan fingerprint density at radius 3 is 2.70 bits per heavy atom. The molecule has 3 rings (SSSR count). The van der Waals surface area contributed by atoms with Crippen molar-refractivity contribution in [3.8, 4) is 11.5 Å². The van der Waals surface area contributed by atoms with Crippen LogP contribution in [-0.4, -0.2) is 38.2 Å². The van der Waals surface area contributed by atoms with Crippen molar-refractivity contribution in [2.45, 2.75) is 32.2 Å². The summed E-state index contributed by atoms with van der Waals surface area (Å²) in [5, 5.41) is 3.00. The van der Waals surface area contributed by atoms with E-state index < -0.39 is 0 Å². The maximum Gasteiger partial charge on any atom is 0.220 e. The van der Waals surface area contributed by atoms with Gasteiger partial charge in [0.05, 0.1) is 14.2 Å². The molecule has 2 heterocycles. The molecule has 0 atom stereocenters. The molecule has 0 saturated carbocycles. The lowest BCUT2D eigenvalue weighted by Gasteiger charge is -2.17. The molecule has 6 heteroatoms. The van der Waals surface area contributed by atoms with Gasteiger partial charge in [0.15, 0.2) is 0 Å². The van der Waals surface area contributed by atoms with Gasteiger partial charge in [-0.15, -0.1) is 0 Å². The average Bonchev–Trinajstić information content (AvgIpc) is 3.25. The van der Waals surface area contributed by atoms with Crippen molar-refractivity contribution < 1.29 is 14.3 Å². The number of ether oxygens (including phenoxy) is 2. The Morgan fingerprint density at radius 2 is 1.96 bits per heavy atom. The monoisotopic (exact) mass is 369 g/mol. The Labute approximate surface area is 160 Å². The van der Waals surface area contributed by atoms with Crippen LogP contribution >= 0.6 is 0 Å². The van der Waals surface area contributed by atoms with Crippen LogP contribution < -0.4 is 19.7 Å². The number of carbonyl (C=O) groups excluding carboxylic acids is 1. The van der Waals surface area contributed by atoms with E-state index in [1.807, 2.05) is 30.5 Å². The number of carbonyl (C=O) groups is 1. The highest BCUT2D eigenvalue weighted by Crippen LogP contribution is 2.25. The number of hydrogen-bond donors (Lipinski definition) is 1. The van der Waals surface area contributed by atoms with Gasteiger partial charge in [0.1, 0.15) is 17.3 Å². The SMILES string of the molecule is COc1ccc(OC)c(CCC(=O)NCc2ccnc(N3CCCC3)c2)c1. The van der Waals surface area contributed by atoms with Gasteiger partial charge in [-0.25, -0.2) is 4.98 Å². The Morgan fingerprint density at radius 1 is 1.15 bits per heavy atom. The van der Waals surface area contributed by atoms with E-state index in [1.54, 1.807) is 14.2 Å². The lowest BCUT2D eigenvalue weighted by atomic mass is 10.1. The molecule has 1 amide bonds. The number of pyridine rings is 1. The molecule has 1 aromatic heterocycles. The molecule has 144 valence electrons. The number of amides is 1. The fourth-order valence-electron chi connectivity index (χ4n) is 3.30. The Bertz CT molecular complexity index is 773. The first-order valence-corrected chi connectivity index (χ1v) is 9.37. The van der Waals surface area contributed by atoms with Crippen molar-refractivity contribution in [2.24, 2.45) is 0 Å². The highest BCUT2D eigenvalue weighted by atomic mass is 16.5. The maximum absolute atomic E-state index is 12.3. The molecule has 0 aliphatic carbocycles. The van der Waals surface area contributed by atoms with Crippen LogP contribution in [0.5, 0.6) is 11.5 Å². The summed E-state index contributed by atoms with van der Waals surface area (Å²) in [5.41, 5.74) is 2.03. The molecule has 1 aromatic carbocycles. The quantitative estimate of drug-likeness (QED) is 0.775. The molecule has 1 aliphatic heterocycles. The molecule has 0 spiro atoms. The molecule has 2 aromatic rings. The highest BCUT2D eigenvalue weighted by molar-refractivity contribution is 5.76. The van der Waals surface area contributed by atoms with E-state index in [9.17, 15) is 4.79 Å². The fraction of sp³-hybridized carbons (Fsp3) is 0.429. The summed E-state index contributed by atoms with van der Waals surface area (Å²) in [5.74, 6) is 2.55. The van der Waals surface area contributed by atoms with Crippen LogP contribution in [0.1, 0.15) is 30.4 Å². The third kappa shape index (κ3) is 5.12. The van der Waals surface area contributed by atoms with E-state index in [1.165, 1.54) is 12.8 Å². The van der Waals surface area contributed by atoms with Crippen LogP contribution in [0.15, 0.2) is 36.5 Å². The van der Waals surface area contributed by atoms with Crippen molar-refractivity contribution in [1.29, 1.82) is 0 Å². The predicted octanol–water partition coefficient (Wildman–Crippen LogP) is 2.95. The molecular formula is C21H27N3O3. The molecular weight excluding hydrogens is 342 g/mol. The van der Waals surface area contributed by atoms with Gasteiger partial charge in [0.2, 0.25) is 5.91 Å². The number of aryl methyl sites for hydroxylation is 1. The average molecular weight is 369 g/mol. The first-order valence-electron chi connectivity index (χ1n) is 9.37. The van der Waals surface area contributed by atoms with Crippen LogP contribution in [0.4, 0.5) is 5.82 Å². The standard InChI is InChI=1S/C21H27N3O3/c1-26-18-6-7-19(27-2)17(14-18)5-8-21(25)23-15-16-9-10-22-20(13-16)24-11-3-4-12-24/h6-7,9-10,13-14H,3-5,8,11-12,15H2,1-2H3,(H,23,25). The van der Waals surface area contributed by atoms with Gasteiger partial charge in [-0.05, 0) is 60.7 Å². The van der Waals surface area contributed by atoms with E-state index in [-0.39, 0.29) is 5.91 Å². The minimum Gasteiger partial charge on any atom is -0.497 e. The second-order valence-corrected chi connectivity index (χ2v) is 6.67. The number of benzene rings is 1. The first kappa shape index (κ1) is 19.0. The predicted molar refractivity (Wildman–Crippen MR) is 105 cm³/mol. The largest absolute Gasteiger partial charge is 0.497 e. The van der Waals surface area contributed by atoms with E-state index in [4.69, 9.17) is 9.47 Å². The summed E-state index contributed by atoms with van der Waals surface area (Å²) in [4.78, 5) is 19.0. The van der Waals surface area contributed by atoms with Crippen LogP contribution in [-0.2, 0) is 17.8 Å². The van der Waals surface area contributed by atoms with Gasteiger partial charge < -0.3 is 19.7 Å². The van der Waals surface area contributed by atoms with Crippen molar-refractivity contribution in [1.82, 2.24) is 10.3 Å². The van der Waals surface area contributed by atoms with E-state index in [0.29, 0.717) is 19.4 Å². The molecule has 1 saturated heterocycles. The molecule has 1 aliphatic rings. The third-order valence-electron chi connectivity index (χ3n) is 4.84. The van der Waals surface area contributed by atoms with Gasteiger partial charge in [-0.3, -0.25) is 4.79 Å². The molecule has 0 radical (unpaired) electrons. The minimum absolute atomic E-state index is 0.0133. The number of nitrogens with zero attached hydrogens (tertiary/aromatic N) is 2. The zero-order valence-electron chi connectivity index (χ0n) is 16.0. The maximum atomic E-state index is 12.3. The van der Waals surface area contributed by atoms with Crippen molar-refractivity contribution >= 4 is 11.7 Å². The topological polar surface area (TPSA) is 63.7 Å². The molecule has 27 heavy (non-hydrogen) atoms. The van der Waals surface area contributed by atoms with Crippen LogP contribution in [0, 0.1) is 0 Å². The summed E-state index contributed by atoms with van der Waals surface area (Å²) < 4.78 is 10.6. The highest BCUT2D eigenvalue weighted by Gasteiger charge is 2.14. The lowest BCUT2D eigenvalue weighted by Crippen LogP contribution is -2.24. The van der Waals surface area contributed by atoms with Gasteiger partial charge in [0, 0.05) is 32.3 Å². The molecule has 0 bridgehead atoms. The molecule has 0 unspecified atom stereocenters. The lowest BCUT2D eigenvalue weighted by molar-refractivity contribution is -0.121. The summed E-state index contributed by atoms with van der Waals surface area (Å²) >= 11 is 0. The molecule has 1 fully saturated rings. The summed E-state index contributed by atoms with van der Waals surface area (Å²) in [7, 11) is 3.26. The zero-order chi connectivity index (χ0) is 19.1. The van der Waals surface area contributed by atoms with E-state index in [2.05, 4.69) is 21.3 Å². The van der Waals surface area contributed by atoms with Gasteiger partial charge in [0.25, 0.3) is 0 Å². The second kappa shape index (κ2) is 9.26. The minimum atomic E-state index is 0.0133. The van der Waals surface area contributed by atoms with E-state index >= 15 is 0 Å². The second-order valence-electron chi connectivity index (χ2n) is 6.67. The first-order chi connectivity index (χ1) is 13.2. The van der Waals surface area contributed by atoms with Crippen molar-refractivity contribution in [3.63, 3.8) is 0 Å². The number of hydrogen-bond acceptors (Lipinski definition) is 5. The number of aromatic nitrogens is 1. The number of methoxy groups -OCH3 is 2. The van der Waals surface area contributed by atoms with Gasteiger partial charge in [-0.1, -0.05) is 0 Å². The Hall–Kier alpha value is -2.76. The van der Waals surface area contributed by atoms with Crippen LogP contribution in [0.3, 0.4) is 0 Å². The number of rotatable bonds is 8. The zero-order valence-corrected chi connectivity index (χ0v) is 16.0. The van der Waals surface area contributed by atoms with Gasteiger partial charge in [-0.2, -0.15) is 0 Å². The van der Waals surface area contributed by atoms with Crippen molar-refractivity contribution in [3.05, 3.63) is 47.7 Å². The normalized spacial score (nSPS) is 13.5. The van der Waals surface area contributed by atoms with Crippen LogP contribution in [0.25, 0.3) is 0 Å². The summed E-state index contributed by atoms with van der Waals surface area (Å²) in [6.45, 7) is 2.63. The molecule has 1 N–H and O–H groups in total. The summed E-state index contributed by atoms with van der Waals surface area (Å²) in [6, 6.07) is 9.64. The van der Waals surface area contributed by atoms with Crippen LogP contribution in [0.2, 0.25) is 0 Å². The smallest absolute Gasteiger partial charge is 0.220 e. The third-order valence-corrected chi connectivity index (χ3v) is 4.84. The fourth-order valence-corrected chi connectivity index (χ4v) is 3.30. The number of nitrogens with one attached hydrogen (secondary N) is 1. The van der Waals surface area contributed by atoms with Gasteiger partial charge >= 0.3 is 0 Å². The van der Waals surface area contributed by atoms with E-state index in [0.717, 1.165) is 41.5 Å². The molecule has 6 nitrogen and oxygen atoms in total.